The predicted molar refractivity (Wildman–Crippen MR) is 73.9 cm³/mol. The third-order valence-corrected chi connectivity index (χ3v) is 3.30. The summed E-state index contributed by atoms with van der Waals surface area (Å²) in [5, 5.41) is 5.27. The lowest BCUT2D eigenvalue weighted by atomic mass is 10.2. The summed E-state index contributed by atoms with van der Waals surface area (Å²) in [6.07, 6.45) is 0.696. The number of nitrogens with zero attached hydrogens (tertiary/aromatic N) is 2. The Morgan fingerprint density at radius 1 is 1.32 bits per heavy atom. The van der Waals surface area contributed by atoms with Gasteiger partial charge in [-0.25, -0.2) is 4.68 Å². The standard InChI is InChI=1S/C13H12Cl2N2O2/c1-19-8-12-11(7-18)13(15)17(16-12)6-9-2-4-10(14)5-3-9/h2-5,7H,6,8H2,1H3. The Morgan fingerprint density at radius 3 is 2.58 bits per heavy atom. The van der Waals surface area contributed by atoms with Crippen molar-refractivity contribution in [1.29, 1.82) is 0 Å². The van der Waals surface area contributed by atoms with Crippen LogP contribution in [0.5, 0.6) is 0 Å². The number of benzene rings is 1. The van der Waals surface area contributed by atoms with Crippen LogP contribution in [0.4, 0.5) is 0 Å². The monoisotopic (exact) mass is 298 g/mol. The van der Waals surface area contributed by atoms with Crippen LogP contribution in [-0.4, -0.2) is 23.2 Å². The molecule has 0 saturated carbocycles. The summed E-state index contributed by atoms with van der Waals surface area (Å²) >= 11 is 12.0. The van der Waals surface area contributed by atoms with E-state index in [1.54, 1.807) is 23.9 Å². The van der Waals surface area contributed by atoms with E-state index < -0.39 is 0 Å². The first-order valence-electron chi connectivity index (χ1n) is 5.59. The van der Waals surface area contributed by atoms with E-state index >= 15 is 0 Å². The van der Waals surface area contributed by atoms with E-state index in [1.165, 1.54) is 0 Å². The van der Waals surface area contributed by atoms with Crippen LogP contribution in [0.1, 0.15) is 21.6 Å². The molecule has 0 bridgehead atoms. The van der Waals surface area contributed by atoms with Crippen LogP contribution in [0.25, 0.3) is 0 Å². The van der Waals surface area contributed by atoms with Crippen LogP contribution in [0.3, 0.4) is 0 Å². The summed E-state index contributed by atoms with van der Waals surface area (Å²) in [6.45, 7) is 0.724. The van der Waals surface area contributed by atoms with Crippen molar-refractivity contribution in [3.05, 3.63) is 51.3 Å². The van der Waals surface area contributed by atoms with Crippen LogP contribution in [0, 0.1) is 0 Å². The molecule has 0 saturated heterocycles. The van der Waals surface area contributed by atoms with Crippen LogP contribution in [0.2, 0.25) is 10.2 Å². The fourth-order valence-corrected chi connectivity index (χ4v) is 2.11. The number of carbonyl (C=O) groups excluding carboxylic acids is 1. The lowest BCUT2D eigenvalue weighted by Crippen LogP contribution is -2.02. The van der Waals surface area contributed by atoms with Crippen LogP contribution in [-0.2, 0) is 17.9 Å². The van der Waals surface area contributed by atoms with E-state index in [1.807, 2.05) is 12.1 Å². The topological polar surface area (TPSA) is 44.1 Å². The summed E-state index contributed by atoms with van der Waals surface area (Å²) in [5.74, 6) is 0. The van der Waals surface area contributed by atoms with E-state index in [0.29, 0.717) is 34.3 Å². The van der Waals surface area contributed by atoms with E-state index in [2.05, 4.69) is 5.10 Å². The second-order valence-corrected chi connectivity index (χ2v) is 4.78. The number of methoxy groups -OCH3 is 1. The second kappa shape index (κ2) is 6.19. The number of aldehydes is 1. The molecule has 0 radical (unpaired) electrons. The maximum absolute atomic E-state index is 11.0. The Balaban J connectivity index is 2.29. The van der Waals surface area contributed by atoms with Gasteiger partial charge < -0.3 is 4.74 Å². The van der Waals surface area contributed by atoms with Gasteiger partial charge in [-0.2, -0.15) is 5.10 Å². The maximum Gasteiger partial charge on any atom is 0.155 e. The predicted octanol–water partition coefficient (Wildman–Crippen LogP) is 3.20. The third-order valence-electron chi connectivity index (χ3n) is 2.65. The molecule has 2 rings (SSSR count). The van der Waals surface area contributed by atoms with Gasteiger partial charge in [0, 0.05) is 12.1 Å². The molecule has 6 heteroatoms. The van der Waals surface area contributed by atoms with Gasteiger partial charge in [-0.3, -0.25) is 4.79 Å². The molecule has 0 aliphatic carbocycles. The Hall–Kier alpha value is -1.36. The van der Waals surface area contributed by atoms with Crippen molar-refractivity contribution in [3.8, 4) is 0 Å². The molecule has 0 unspecified atom stereocenters. The summed E-state index contributed by atoms with van der Waals surface area (Å²) in [6, 6.07) is 7.36. The van der Waals surface area contributed by atoms with Crippen molar-refractivity contribution in [1.82, 2.24) is 9.78 Å². The lowest BCUT2D eigenvalue weighted by molar-refractivity contribution is 0.111. The molecule has 0 aliphatic rings. The normalized spacial score (nSPS) is 10.7. The van der Waals surface area contributed by atoms with Gasteiger partial charge in [-0.1, -0.05) is 35.3 Å². The fraction of sp³-hybridized carbons (Fsp3) is 0.231. The number of hydrogen-bond donors (Lipinski definition) is 0. The summed E-state index contributed by atoms with van der Waals surface area (Å²) in [7, 11) is 1.54. The second-order valence-electron chi connectivity index (χ2n) is 3.99. The molecule has 19 heavy (non-hydrogen) atoms. The van der Waals surface area contributed by atoms with Gasteiger partial charge in [0.1, 0.15) is 10.8 Å². The molecule has 100 valence electrons. The van der Waals surface area contributed by atoms with Crippen molar-refractivity contribution < 1.29 is 9.53 Å². The van der Waals surface area contributed by atoms with Crippen molar-refractivity contribution in [3.63, 3.8) is 0 Å². The average molecular weight is 299 g/mol. The van der Waals surface area contributed by atoms with Gasteiger partial charge in [0.15, 0.2) is 6.29 Å². The minimum Gasteiger partial charge on any atom is -0.378 e. The number of aromatic nitrogens is 2. The molecule has 0 aliphatic heterocycles. The highest BCUT2D eigenvalue weighted by atomic mass is 35.5. The summed E-state index contributed by atoms with van der Waals surface area (Å²) in [5.41, 5.74) is 1.91. The zero-order valence-electron chi connectivity index (χ0n) is 10.3. The van der Waals surface area contributed by atoms with Gasteiger partial charge in [0.2, 0.25) is 0 Å². The molecular formula is C13H12Cl2N2O2. The van der Waals surface area contributed by atoms with Crippen molar-refractivity contribution in [2.45, 2.75) is 13.2 Å². The molecule has 4 nitrogen and oxygen atoms in total. The smallest absolute Gasteiger partial charge is 0.155 e. The molecule has 2 aromatic rings. The maximum atomic E-state index is 11.0. The van der Waals surface area contributed by atoms with E-state index in [0.717, 1.165) is 5.56 Å². The number of carbonyl (C=O) groups is 1. The number of halogens is 2. The molecule has 1 aromatic carbocycles. The Morgan fingerprint density at radius 2 is 2.00 bits per heavy atom. The molecule has 0 atom stereocenters. The average Bonchev–Trinajstić information content (AvgIpc) is 2.69. The highest BCUT2D eigenvalue weighted by molar-refractivity contribution is 6.32. The van der Waals surface area contributed by atoms with Gasteiger partial charge in [0.25, 0.3) is 0 Å². The minimum absolute atomic E-state index is 0.251. The summed E-state index contributed by atoms with van der Waals surface area (Å²) < 4.78 is 6.57. The molecule has 1 heterocycles. The largest absolute Gasteiger partial charge is 0.378 e. The third kappa shape index (κ3) is 3.15. The molecule has 0 amide bonds. The first-order valence-corrected chi connectivity index (χ1v) is 6.35. The molecular weight excluding hydrogens is 287 g/mol. The Kier molecular flexibility index (Phi) is 4.58. The molecule has 0 spiro atoms. The molecule has 1 aromatic heterocycles. The van der Waals surface area contributed by atoms with E-state index in [4.69, 9.17) is 27.9 Å². The Bertz CT molecular complexity index is 579. The quantitative estimate of drug-likeness (QED) is 0.796. The van der Waals surface area contributed by atoms with Gasteiger partial charge >= 0.3 is 0 Å². The first-order chi connectivity index (χ1) is 9.15. The Labute approximate surface area is 120 Å². The zero-order chi connectivity index (χ0) is 13.8. The fourth-order valence-electron chi connectivity index (χ4n) is 1.73. The number of ether oxygens (including phenoxy) is 1. The highest BCUT2D eigenvalue weighted by Gasteiger charge is 2.15. The van der Waals surface area contributed by atoms with E-state index in [-0.39, 0.29) is 6.61 Å². The van der Waals surface area contributed by atoms with Crippen LogP contribution in [0.15, 0.2) is 24.3 Å². The summed E-state index contributed by atoms with van der Waals surface area (Å²) in [4.78, 5) is 11.0. The van der Waals surface area contributed by atoms with Crippen LogP contribution >= 0.6 is 23.2 Å². The van der Waals surface area contributed by atoms with Crippen LogP contribution < -0.4 is 0 Å². The zero-order valence-corrected chi connectivity index (χ0v) is 11.8. The van der Waals surface area contributed by atoms with E-state index in [9.17, 15) is 4.79 Å². The van der Waals surface area contributed by atoms with Crippen molar-refractivity contribution in [2.75, 3.05) is 7.11 Å². The lowest BCUT2D eigenvalue weighted by Gasteiger charge is -2.03. The molecule has 0 N–H and O–H groups in total. The number of rotatable bonds is 5. The first kappa shape index (κ1) is 14.1. The SMILES string of the molecule is COCc1nn(Cc2ccc(Cl)cc2)c(Cl)c1C=O. The minimum atomic E-state index is 0.251. The van der Waals surface area contributed by atoms with Crippen molar-refractivity contribution >= 4 is 29.5 Å². The molecule has 0 fully saturated rings. The van der Waals surface area contributed by atoms with Gasteiger partial charge in [-0.15, -0.1) is 0 Å². The van der Waals surface area contributed by atoms with Gasteiger partial charge in [0.05, 0.1) is 18.7 Å². The van der Waals surface area contributed by atoms with Gasteiger partial charge in [-0.05, 0) is 17.7 Å². The van der Waals surface area contributed by atoms with Crippen molar-refractivity contribution in [2.24, 2.45) is 0 Å². The number of hydrogen-bond acceptors (Lipinski definition) is 3. The highest BCUT2D eigenvalue weighted by Crippen LogP contribution is 2.20.